The number of carbonyl (C=O) groups is 3. The standard InChI is InChI=1S/C44H49ClN4O6Si/c1-28-42(56(3,4)36-15-13-35(54-2)14-16-36)39(23-40(51)48-26-31-10-6-5-9-30(31)21-34(48)27-50)55-44(28)37-22-32(45)12-17-38(37)49(43(44)53)25-29-8-7-11-33(20-29)47-19-18-46-24-41(47)52/h5-17,20,22,28,34,39,42,46,50H,18-19,21,23-27H2,1-4H3/t28-,34-,39+,42-,44+/m0/s1. The van der Waals surface area contributed by atoms with Crippen LogP contribution in [-0.4, -0.2) is 81.3 Å². The number of aliphatic hydroxyl groups excluding tert-OH is 1. The lowest BCUT2D eigenvalue weighted by Gasteiger charge is -2.39. The van der Waals surface area contributed by atoms with E-state index in [1.165, 1.54) is 5.19 Å². The van der Waals surface area contributed by atoms with Crippen molar-refractivity contribution in [1.29, 1.82) is 0 Å². The summed E-state index contributed by atoms with van der Waals surface area (Å²) in [4.78, 5) is 48.1. The van der Waals surface area contributed by atoms with Crippen LogP contribution >= 0.6 is 11.6 Å². The summed E-state index contributed by atoms with van der Waals surface area (Å²) in [6.07, 6.45) is 0.0327. The molecule has 0 bridgehead atoms. The topological polar surface area (TPSA) is 112 Å². The molecule has 8 rings (SSSR count). The largest absolute Gasteiger partial charge is 0.497 e. The van der Waals surface area contributed by atoms with Crippen molar-refractivity contribution in [3.8, 4) is 5.75 Å². The van der Waals surface area contributed by atoms with E-state index in [9.17, 15) is 14.7 Å². The lowest BCUT2D eigenvalue weighted by Crippen LogP contribution is -2.52. The van der Waals surface area contributed by atoms with Crippen LogP contribution in [0.15, 0.2) is 91.0 Å². The number of carbonyl (C=O) groups excluding carboxylic acids is 3. The van der Waals surface area contributed by atoms with Gasteiger partial charge in [0.2, 0.25) is 11.8 Å². The third-order valence-corrected chi connectivity index (χ3v) is 17.3. The molecule has 2 N–H and O–H groups in total. The van der Waals surface area contributed by atoms with Crippen LogP contribution in [0.1, 0.15) is 35.6 Å². The Bertz CT molecular complexity index is 2170. The zero-order valence-corrected chi connectivity index (χ0v) is 34.1. The molecule has 10 nitrogen and oxygen atoms in total. The van der Waals surface area contributed by atoms with Crippen LogP contribution in [0, 0.1) is 5.92 Å². The number of ether oxygens (including phenoxy) is 2. The summed E-state index contributed by atoms with van der Waals surface area (Å²) in [6.45, 7) is 8.77. The second-order valence-corrected chi connectivity index (χ2v) is 21.3. The number of fused-ring (bicyclic) bond motifs is 3. The molecule has 4 aliphatic heterocycles. The number of hydrogen-bond donors (Lipinski definition) is 2. The number of rotatable bonds is 9. The monoisotopic (exact) mass is 792 g/mol. The second-order valence-electron chi connectivity index (χ2n) is 16.1. The van der Waals surface area contributed by atoms with Gasteiger partial charge in [0.1, 0.15) is 5.75 Å². The molecule has 292 valence electrons. The minimum Gasteiger partial charge on any atom is -0.497 e. The fourth-order valence-corrected chi connectivity index (χ4v) is 14.0. The van der Waals surface area contributed by atoms with E-state index < -0.39 is 19.8 Å². The van der Waals surface area contributed by atoms with Crippen molar-refractivity contribution >= 4 is 54.0 Å². The van der Waals surface area contributed by atoms with Gasteiger partial charge in [0.25, 0.3) is 5.91 Å². The lowest BCUT2D eigenvalue weighted by molar-refractivity contribution is -0.151. The maximum atomic E-state index is 15.4. The molecule has 2 fully saturated rings. The molecular formula is C44H49ClN4O6Si. The van der Waals surface area contributed by atoms with Gasteiger partial charge in [0, 0.05) is 41.8 Å². The van der Waals surface area contributed by atoms with Crippen molar-refractivity contribution in [2.75, 3.05) is 43.2 Å². The number of nitrogens with one attached hydrogen (secondary N) is 1. The van der Waals surface area contributed by atoms with Gasteiger partial charge in [-0.25, -0.2) is 0 Å². The molecule has 4 aromatic carbocycles. The first-order valence-corrected chi connectivity index (χ1v) is 22.9. The van der Waals surface area contributed by atoms with Gasteiger partial charge in [-0.2, -0.15) is 0 Å². The Labute approximate surface area is 334 Å². The SMILES string of the molecule is COc1ccc([Si](C)(C)[C@@H]2[C@@H](CC(=O)N3Cc4ccccc4C[C@H]3CO)O[C@]3(C(=O)N(Cc4cccc(N5CCNCC5=O)c4)c4ccc(Cl)cc43)[C@H]2C)cc1. The van der Waals surface area contributed by atoms with Crippen molar-refractivity contribution in [1.82, 2.24) is 10.2 Å². The quantitative estimate of drug-likeness (QED) is 0.219. The highest BCUT2D eigenvalue weighted by Gasteiger charge is 2.66. The Morgan fingerprint density at radius 3 is 2.52 bits per heavy atom. The molecule has 0 aromatic heterocycles. The fraction of sp³-hybridized carbons (Fsp3) is 0.386. The van der Waals surface area contributed by atoms with Crippen molar-refractivity contribution in [2.24, 2.45) is 5.92 Å². The van der Waals surface area contributed by atoms with Gasteiger partial charge >= 0.3 is 0 Å². The van der Waals surface area contributed by atoms with Gasteiger partial charge in [-0.1, -0.05) is 85.3 Å². The van der Waals surface area contributed by atoms with Crippen molar-refractivity contribution in [3.63, 3.8) is 0 Å². The zero-order valence-electron chi connectivity index (χ0n) is 32.3. The lowest BCUT2D eigenvalue weighted by atomic mass is 9.82. The van der Waals surface area contributed by atoms with Crippen LogP contribution in [0.5, 0.6) is 5.75 Å². The number of benzene rings is 4. The predicted molar refractivity (Wildman–Crippen MR) is 220 cm³/mol. The average molecular weight is 793 g/mol. The van der Waals surface area contributed by atoms with Crippen LogP contribution in [-0.2, 0) is 44.2 Å². The fourth-order valence-electron chi connectivity index (χ4n) is 9.86. The Kier molecular flexibility index (Phi) is 10.3. The van der Waals surface area contributed by atoms with E-state index in [-0.39, 0.29) is 61.3 Å². The summed E-state index contributed by atoms with van der Waals surface area (Å²) < 4.78 is 12.8. The van der Waals surface area contributed by atoms with Crippen LogP contribution < -0.4 is 25.0 Å². The highest BCUT2D eigenvalue weighted by Crippen LogP contribution is 2.60. The second kappa shape index (κ2) is 15.1. The summed E-state index contributed by atoms with van der Waals surface area (Å²) in [5.74, 6) is 0.135. The molecule has 56 heavy (non-hydrogen) atoms. The normalized spacial score (nSPS) is 24.8. The molecule has 1 spiro atoms. The molecule has 4 heterocycles. The van der Waals surface area contributed by atoms with E-state index in [4.69, 9.17) is 21.1 Å². The minimum atomic E-state index is -2.54. The molecule has 4 aromatic rings. The van der Waals surface area contributed by atoms with Crippen molar-refractivity contribution in [2.45, 2.75) is 69.2 Å². The molecule has 12 heteroatoms. The number of aliphatic hydroxyl groups is 1. The third-order valence-electron chi connectivity index (χ3n) is 12.7. The molecule has 4 aliphatic rings. The van der Waals surface area contributed by atoms with Gasteiger partial charge in [0.05, 0.1) is 59.1 Å². The highest BCUT2D eigenvalue weighted by atomic mass is 35.5. The molecular weight excluding hydrogens is 744 g/mol. The number of amides is 3. The smallest absolute Gasteiger partial charge is 0.264 e. The molecule has 0 aliphatic carbocycles. The molecule has 5 atom stereocenters. The summed E-state index contributed by atoms with van der Waals surface area (Å²) in [7, 11) is -0.894. The van der Waals surface area contributed by atoms with Crippen LogP contribution in [0.3, 0.4) is 0 Å². The molecule has 3 amide bonds. The first-order valence-electron chi connectivity index (χ1n) is 19.5. The van der Waals surface area contributed by atoms with Gasteiger partial charge in [0.15, 0.2) is 5.60 Å². The minimum absolute atomic E-state index is 0.00659. The third kappa shape index (κ3) is 6.53. The average Bonchev–Trinajstić information content (AvgIpc) is 3.63. The first kappa shape index (κ1) is 38.4. The molecule has 2 saturated heterocycles. The first-order chi connectivity index (χ1) is 27.0. The number of halogens is 1. The van der Waals surface area contributed by atoms with E-state index in [0.29, 0.717) is 36.6 Å². The maximum absolute atomic E-state index is 15.4. The van der Waals surface area contributed by atoms with Crippen molar-refractivity contribution in [3.05, 3.63) is 118 Å². The number of methoxy groups -OCH3 is 1. The highest BCUT2D eigenvalue weighted by molar-refractivity contribution is 6.91. The Hall–Kier alpha value is -4.52. The Balaban J connectivity index is 1.18. The van der Waals surface area contributed by atoms with Gasteiger partial charge < -0.3 is 34.6 Å². The van der Waals surface area contributed by atoms with E-state index in [1.54, 1.807) is 27.9 Å². The van der Waals surface area contributed by atoms with Gasteiger partial charge in [-0.05, 0) is 71.1 Å². The molecule has 0 saturated carbocycles. The molecule has 0 radical (unpaired) electrons. The summed E-state index contributed by atoms with van der Waals surface area (Å²) in [5, 5.41) is 15.3. The Morgan fingerprint density at radius 2 is 1.79 bits per heavy atom. The number of hydrogen-bond acceptors (Lipinski definition) is 7. The van der Waals surface area contributed by atoms with E-state index in [2.05, 4.69) is 43.5 Å². The molecule has 0 unspecified atom stereocenters. The van der Waals surface area contributed by atoms with E-state index in [1.807, 2.05) is 66.7 Å². The van der Waals surface area contributed by atoms with E-state index >= 15 is 4.79 Å². The Morgan fingerprint density at radius 1 is 1.02 bits per heavy atom. The van der Waals surface area contributed by atoms with Crippen LogP contribution in [0.4, 0.5) is 11.4 Å². The van der Waals surface area contributed by atoms with Gasteiger partial charge in [-0.3, -0.25) is 14.4 Å². The van der Waals surface area contributed by atoms with Crippen LogP contribution in [0.2, 0.25) is 23.7 Å². The predicted octanol–water partition coefficient (Wildman–Crippen LogP) is 5.38. The number of nitrogens with zero attached hydrogens (tertiary/aromatic N) is 3. The van der Waals surface area contributed by atoms with Gasteiger partial charge in [-0.15, -0.1) is 0 Å². The summed E-state index contributed by atoms with van der Waals surface area (Å²) >= 11 is 6.74. The van der Waals surface area contributed by atoms with E-state index in [0.717, 1.165) is 33.8 Å². The maximum Gasteiger partial charge on any atom is 0.264 e. The van der Waals surface area contributed by atoms with Crippen molar-refractivity contribution < 1.29 is 29.0 Å². The number of anilines is 2. The number of piperazine rings is 1. The van der Waals surface area contributed by atoms with Crippen LogP contribution in [0.25, 0.3) is 0 Å². The summed E-state index contributed by atoms with van der Waals surface area (Å²) in [6, 6.07) is 29.2. The zero-order chi connectivity index (χ0) is 39.4. The summed E-state index contributed by atoms with van der Waals surface area (Å²) in [5.41, 5.74) is 3.75.